The summed E-state index contributed by atoms with van der Waals surface area (Å²) in [7, 11) is 0. The van der Waals surface area contributed by atoms with Crippen LogP contribution in [0.15, 0.2) is 24.3 Å². The summed E-state index contributed by atoms with van der Waals surface area (Å²) in [6.45, 7) is 8.14. The third kappa shape index (κ3) is 2.10. The van der Waals surface area contributed by atoms with Crippen molar-refractivity contribution in [3.05, 3.63) is 35.7 Å². The highest BCUT2D eigenvalue weighted by atomic mass is 16.1. The second-order valence-electron chi connectivity index (χ2n) is 2.34. The maximum absolute atomic E-state index is 10.6. The summed E-state index contributed by atoms with van der Waals surface area (Å²) in [5.74, 6) is -0.106. The molecule has 0 heterocycles. The number of nitrogens with zero attached hydrogens (tertiary/aromatic N) is 1. The Morgan fingerprint density at radius 3 is 2.42 bits per heavy atom. The maximum atomic E-state index is 10.6. The summed E-state index contributed by atoms with van der Waals surface area (Å²) in [5, 5.41) is 2.61. The molecule has 1 aromatic rings. The lowest BCUT2D eigenvalue weighted by Gasteiger charge is -1.99. The SMILES string of the molecule is [C-]#[N+]c1ccc(NC(C)=O)cc1. The lowest BCUT2D eigenvalue weighted by molar-refractivity contribution is -0.114. The molecule has 0 aliphatic rings. The van der Waals surface area contributed by atoms with E-state index in [0.29, 0.717) is 5.69 Å². The first-order valence-electron chi connectivity index (χ1n) is 3.47. The molecule has 0 radical (unpaired) electrons. The number of anilines is 1. The van der Waals surface area contributed by atoms with Gasteiger partial charge >= 0.3 is 0 Å². The first-order valence-corrected chi connectivity index (χ1v) is 3.47. The summed E-state index contributed by atoms with van der Waals surface area (Å²) in [6, 6.07) is 6.74. The van der Waals surface area contributed by atoms with E-state index in [-0.39, 0.29) is 5.91 Å². The Morgan fingerprint density at radius 1 is 1.42 bits per heavy atom. The van der Waals surface area contributed by atoms with Crippen LogP contribution in [-0.4, -0.2) is 5.91 Å². The van der Waals surface area contributed by atoms with Gasteiger partial charge in [0.2, 0.25) is 5.91 Å². The van der Waals surface area contributed by atoms with Crippen molar-refractivity contribution in [2.45, 2.75) is 6.92 Å². The fourth-order valence-electron chi connectivity index (χ4n) is 0.823. The van der Waals surface area contributed by atoms with E-state index in [4.69, 9.17) is 6.57 Å². The Bertz CT molecular complexity index is 321. The Morgan fingerprint density at radius 2 is 2.00 bits per heavy atom. The highest BCUT2D eigenvalue weighted by Gasteiger charge is 1.94. The van der Waals surface area contributed by atoms with Crippen molar-refractivity contribution < 1.29 is 4.79 Å². The molecule has 1 rings (SSSR count). The van der Waals surface area contributed by atoms with Gasteiger partial charge in [0.1, 0.15) is 0 Å². The molecule has 1 N–H and O–H groups in total. The van der Waals surface area contributed by atoms with E-state index in [2.05, 4.69) is 10.2 Å². The van der Waals surface area contributed by atoms with E-state index in [9.17, 15) is 4.79 Å². The Labute approximate surface area is 70.8 Å². The van der Waals surface area contributed by atoms with Gasteiger partial charge in [-0.05, 0) is 12.1 Å². The fraction of sp³-hybridized carbons (Fsp3) is 0.111. The second-order valence-corrected chi connectivity index (χ2v) is 2.34. The van der Waals surface area contributed by atoms with Crippen molar-refractivity contribution >= 4 is 17.3 Å². The first-order chi connectivity index (χ1) is 5.72. The predicted octanol–water partition coefficient (Wildman–Crippen LogP) is 2.20. The number of rotatable bonds is 1. The molecule has 12 heavy (non-hydrogen) atoms. The highest BCUT2D eigenvalue weighted by Crippen LogP contribution is 2.15. The van der Waals surface area contributed by atoms with E-state index in [1.165, 1.54) is 6.92 Å². The van der Waals surface area contributed by atoms with Gasteiger partial charge in [0, 0.05) is 12.6 Å². The van der Waals surface area contributed by atoms with Gasteiger partial charge in [-0.1, -0.05) is 12.1 Å². The number of carbonyl (C=O) groups excluding carboxylic acids is 1. The number of hydrogen-bond donors (Lipinski definition) is 1. The van der Waals surface area contributed by atoms with Gasteiger partial charge < -0.3 is 5.32 Å². The molecule has 0 unspecified atom stereocenters. The van der Waals surface area contributed by atoms with Crippen LogP contribution >= 0.6 is 0 Å². The number of nitrogens with one attached hydrogen (secondary N) is 1. The van der Waals surface area contributed by atoms with Crippen LogP contribution in [0.5, 0.6) is 0 Å². The van der Waals surface area contributed by atoms with Gasteiger partial charge in [0.05, 0.1) is 6.57 Å². The third-order valence-corrected chi connectivity index (χ3v) is 1.32. The minimum Gasteiger partial charge on any atom is -0.326 e. The number of carbonyl (C=O) groups is 1. The standard InChI is InChI=1S/C9H8N2O/c1-7(12)11-9-5-3-8(10-2)4-6-9/h3-6H,1H3,(H,11,12). The molecule has 60 valence electrons. The molecule has 0 aliphatic heterocycles. The van der Waals surface area contributed by atoms with Crippen LogP contribution in [-0.2, 0) is 4.79 Å². The molecule has 1 aromatic carbocycles. The summed E-state index contributed by atoms with van der Waals surface area (Å²) < 4.78 is 0. The van der Waals surface area contributed by atoms with Gasteiger partial charge in [0.25, 0.3) is 0 Å². The maximum Gasteiger partial charge on any atom is 0.221 e. The third-order valence-electron chi connectivity index (χ3n) is 1.32. The molecule has 0 fully saturated rings. The summed E-state index contributed by atoms with van der Waals surface area (Å²) in [5.41, 5.74) is 1.29. The molecule has 0 aromatic heterocycles. The Hall–Kier alpha value is -1.82. The monoisotopic (exact) mass is 160 g/mol. The van der Waals surface area contributed by atoms with Crippen molar-refractivity contribution in [3.8, 4) is 0 Å². The van der Waals surface area contributed by atoms with Gasteiger partial charge in [-0.15, -0.1) is 0 Å². The van der Waals surface area contributed by atoms with Crippen molar-refractivity contribution in [2.24, 2.45) is 0 Å². The Balaban J connectivity index is 2.80. The van der Waals surface area contributed by atoms with Crippen LogP contribution in [0.4, 0.5) is 11.4 Å². The van der Waals surface area contributed by atoms with Gasteiger partial charge in [-0.2, -0.15) is 0 Å². The molecule has 0 saturated heterocycles. The largest absolute Gasteiger partial charge is 0.326 e. The normalized spacial score (nSPS) is 8.67. The van der Waals surface area contributed by atoms with Gasteiger partial charge in [-0.3, -0.25) is 4.79 Å². The molecule has 1 amide bonds. The predicted molar refractivity (Wildman–Crippen MR) is 47.0 cm³/mol. The molecule has 0 saturated carbocycles. The van der Waals surface area contributed by atoms with E-state index >= 15 is 0 Å². The van der Waals surface area contributed by atoms with Crippen molar-refractivity contribution in [1.82, 2.24) is 0 Å². The summed E-state index contributed by atoms with van der Waals surface area (Å²) in [4.78, 5) is 13.8. The summed E-state index contributed by atoms with van der Waals surface area (Å²) >= 11 is 0. The minimum absolute atomic E-state index is 0.106. The van der Waals surface area contributed by atoms with Gasteiger partial charge in [-0.25, -0.2) is 4.85 Å². The molecule has 0 bridgehead atoms. The van der Waals surface area contributed by atoms with Gasteiger partial charge in [0.15, 0.2) is 5.69 Å². The van der Waals surface area contributed by atoms with Crippen molar-refractivity contribution in [3.63, 3.8) is 0 Å². The lowest BCUT2D eigenvalue weighted by Crippen LogP contribution is -2.04. The zero-order chi connectivity index (χ0) is 8.97. The Kier molecular flexibility index (Phi) is 2.44. The van der Waals surface area contributed by atoms with Crippen LogP contribution in [0.1, 0.15) is 6.92 Å². The van der Waals surface area contributed by atoms with Crippen molar-refractivity contribution in [1.29, 1.82) is 0 Å². The fourth-order valence-corrected chi connectivity index (χ4v) is 0.823. The van der Waals surface area contributed by atoms with E-state index in [1.807, 2.05) is 0 Å². The number of benzene rings is 1. The smallest absolute Gasteiger partial charge is 0.221 e. The number of hydrogen-bond acceptors (Lipinski definition) is 1. The van der Waals surface area contributed by atoms with Crippen LogP contribution in [0.25, 0.3) is 4.85 Å². The first kappa shape index (κ1) is 8.28. The highest BCUT2D eigenvalue weighted by molar-refractivity contribution is 5.88. The molecule has 0 spiro atoms. The molecule has 3 heteroatoms. The quantitative estimate of drug-likeness (QED) is 0.628. The molecule has 3 nitrogen and oxygen atoms in total. The topological polar surface area (TPSA) is 33.5 Å². The second kappa shape index (κ2) is 3.54. The average Bonchev–Trinajstić information content (AvgIpc) is 2.05. The van der Waals surface area contributed by atoms with E-state index in [1.54, 1.807) is 24.3 Å². The molecule has 0 atom stereocenters. The summed E-state index contributed by atoms with van der Waals surface area (Å²) in [6.07, 6.45) is 0. The lowest BCUT2D eigenvalue weighted by atomic mass is 10.3. The zero-order valence-corrected chi connectivity index (χ0v) is 6.66. The minimum atomic E-state index is -0.106. The molecular weight excluding hydrogens is 152 g/mol. The van der Waals surface area contributed by atoms with Crippen molar-refractivity contribution in [2.75, 3.05) is 5.32 Å². The number of amides is 1. The van der Waals surface area contributed by atoms with Crippen LogP contribution in [0.3, 0.4) is 0 Å². The van der Waals surface area contributed by atoms with E-state index < -0.39 is 0 Å². The van der Waals surface area contributed by atoms with Crippen LogP contribution in [0.2, 0.25) is 0 Å². The van der Waals surface area contributed by atoms with Crippen LogP contribution < -0.4 is 5.32 Å². The van der Waals surface area contributed by atoms with Crippen LogP contribution in [0, 0.1) is 6.57 Å². The zero-order valence-electron chi connectivity index (χ0n) is 6.66. The molecular formula is C9H8N2O. The average molecular weight is 160 g/mol. The van der Waals surface area contributed by atoms with E-state index in [0.717, 1.165) is 5.69 Å². The molecule has 0 aliphatic carbocycles.